The number of alkyl halides is 3. The summed E-state index contributed by atoms with van der Waals surface area (Å²) in [7, 11) is 0. The van der Waals surface area contributed by atoms with Crippen LogP contribution in [0.4, 0.5) is 18.9 Å². The summed E-state index contributed by atoms with van der Waals surface area (Å²) in [6, 6.07) is 0. The first-order valence-electron chi connectivity index (χ1n) is 4.48. The Kier molecular flexibility index (Phi) is 3.77. The maximum Gasteiger partial charge on any atom is 0.573 e. The van der Waals surface area contributed by atoms with Gasteiger partial charge in [-0.15, -0.1) is 13.2 Å². The van der Waals surface area contributed by atoms with Crippen LogP contribution in [-0.4, -0.2) is 27.3 Å². The minimum atomic E-state index is -5.28. The molecule has 1 heterocycles. The summed E-state index contributed by atoms with van der Waals surface area (Å²) < 4.78 is 39.6. The standard InChI is InChI=1S/C8H5F3N2O6/c9-8(10,11)19-7-3(1-5(14)15)12-2-4(6(7)16)13(17)18/h2H,1H2,(H,12,16)(H,14,15). The third kappa shape index (κ3) is 3.69. The van der Waals surface area contributed by atoms with Crippen molar-refractivity contribution in [3.05, 3.63) is 32.2 Å². The molecule has 0 spiro atoms. The van der Waals surface area contributed by atoms with E-state index in [4.69, 9.17) is 5.11 Å². The van der Waals surface area contributed by atoms with E-state index < -0.39 is 46.2 Å². The van der Waals surface area contributed by atoms with Crippen molar-refractivity contribution < 1.29 is 32.7 Å². The summed E-state index contributed by atoms with van der Waals surface area (Å²) in [5, 5.41) is 18.9. The Balaban J connectivity index is 3.41. The molecule has 1 rings (SSSR count). The average Bonchev–Trinajstić information content (AvgIpc) is 2.20. The molecule has 0 unspecified atom stereocenters. The third-order valence-corrected chi connectivity index (χ3v) is 1.84. The van der Waals surface area contributed by atoms with Gasteiger partial charge in [0, 0.05) is 0 Å². The van der Waals surface area contributed by atoms with Crippen molar-refractivity contribution in [1.29, 1.82) is 0 Å². The van der Waals surface area contributed by atoms with Crippen LogP contribution in [-0.2, 0) is 11.2 Å². The predicted molar refractivity (Wildman–Crippen MR) is 51.7 cm³/mol. The van der Waals surface area contributed by atoms with E-state index in [1.54, 1.807) is 0 Å². The Hall–Kier alpha value is -2.59. The molecule has 11 heteroatoms. The van der Waals surface area contributed by atoms with E-state index in [1.807, 2.05) is 4.98 Å². The molecule has 2 N–H and O–H groups in total. The van der Waals surface area contributed by atoms with Crippen molar-refractivity contribution in [3.8, 4) is 5.75 Å². The molecule has 0 saturated carbocycles. The van der Waals surface area contributed by atoms with Gasteiger partial charge in [-0.25, -0.2) is 0 Å². The number of nitro groups is 1. The van der Waals surface area contributed by atoms with Gasteiger partial charge in [0.1, 0.15) is 0 Å². The lowest BCUT2D eigenvalue weighted by molar-refractivity contribution is -0.386. The molecule has 19 heavy (non-hydrogen) atoms. The second kappa shape index (κ2) is 4.96. The van der Waals surface area contributed by atoms with Crippen molar-refractivity contribution >= 4 is 11.7 Å². The minimum absolute atomic E-state index is 0.504. The summed E-state index contributed by atoms with van der Waals surface area (Å²) in [6.07, 6.45) is -5.77. The van der Waals surface area contributed by atoms with Gasteiger partial charge < -0.3 is 14.8 Å². The van der Waals surface area contributed by atoms with Gasteiger partial charge in [-0.2, -0.15) is 0 Å². The first-order chi connectivity index (χ1) is 8.61. The van der Waals surface area contributed by atoms with Gasteiger partial charge >= 0.3 is 23.4 Å². The molecule has 0 radical (unpaired) electrons. The van der Waals surface area contributed by atoms with E-state index in [0.717, 1.165) is 0 Å². The number of ether oxygens (including phenoxy) is 1. The molecule has 0 aromatic carbocycles. The topological polar surface area (TPSA) is 123 Å². The minimum Gasteiger partial charge on any atom is -0.481 e. The summed E-state index contributed by atoms with van der Waals surface area (Å²) >= 11 is 0. The van der Waals surface area contributed by atoms with Gasteiger partial charge in [0.05, 0.1) is 23.2 Å². The fourth-order valence-corrected chi connectivity index (χ4v) is 1.18. The van der Waals surface area contributed by atoms with Gasteiger partial charge in [-0.3, -0.25) is 19.7 Å². The summed E-state index contributed by atoms with van der Waals surface area (Å²) in [5.41, 5.74) is -3.56. The number of pyridine rings is 1. The second-order valence-electron chi connectivity index (χ2n) is 3.19. The maximum atomic E-state index is 12.1. The lowest BCUT2D eigenvalue weighted by atomic mass is 10.2. The second-order valence-corrected chi connectivity index (χ2v) is 3.19. The van der Waals surface area contributed by atoms with Gasteiger partial charge in [0.2, 0.25) is 5.75 Å². The molecule has 8 nitrogen and oxygen atoms in total. The summed E-state index contributed by atoms with van der Waals surface area (Å²) in [4.78, 5) is 33.0. The molecule has 0 aliphatic carbocycles. The third-order valence-electron chi connectivity index (χ3n) is 1.84. The zero-order valence-corrected chi connectivity index (χ0v) is 8.85. The van der Waals surface area contributed by atoms with Crippen LogP contribution in [0.15, 0.2) is 11.0 Å². The average molecular weight is 282 g/mol. The number of aromatic nitrogens is 1. The van der Waals surface area contributed by atoms with Gasteiger partial charge in [-0.1, -0.05) is 0 Å². The number of aliphatic carboxylic acids is 1. The molecule has 0 aliphatic rings. The molecule has 0 bridgehead atoms. The Morgan fingerprint density at radius 2 is 2.11 bits per heavy atom. The number of hydrogen-bond acceptors (Lipinski definition) is 5. The normalized spacial score (nSPS) is 11.1. The Morgan fingerprint density at radius 1 is 1.53 bits per heavy atom. The Labute approximate surface area is 101 Å². The molecular weight excluding hydrogens is 277 g/mol. The van der Waals surface area contributed by atoms with Crippen molar-refractivity contribution in [2.75, 3.05) is 0 Å². The Morgan fingerprint density at radius 3 is 2.53 bits per heavy atom. The highest BCUT2D eigenvalue weighted by Crippen LogP contribution is 2.24. The number of carboxylic acids is 1. The van der Waals surface area contributed by atoms with E-state index in [0.29, 0.717) is 6.20 Å². The lowest BCUT2D eigenvalue weighted by Gasteiger charge is -2.11. The SMILES string of the molecule is O=C(O)Cc1[nH]cc([N+](=O)[O-])c(=O)c1OC(F)(F)F. The molecule has 0 aliphatic heterocycles. The van der Waals surface area contributed by atoms with Crippen molar-refractivity contribution in [3.63, 3.8) is 0 Å². The summed E-state index contributed by atoms with van der Waals surface area (Å²) in [6.45, 7) is 0. The molecule has 0 fully saturated rings. The number of rotatable bonds is 4. The number of H-pyrrole nitrogens is 1. The van der Waals surface area contributed by atoms with Crippen molar-refractivity contribution in [2.45, 2.75) is 12.8 Å². The molecule has 0 atom stereocenters. The van der Waals surface area contributed by atoms with Crippen LogP contribution >= 0.6 is 0 Å². The zero-order valence-electron chi connectivity index (χ0n) is 8.85. The molecule has 1 aromatic rings. The predicted octanol–water partition coefficient (Wildman–Crippen LogP) is 0.809. The monoisotopic (exact) mass is 282 g/mol. The largest absolute Gasteiger partial charge is 0.573 e. The van der Waals surface area contributed by atoms with Gasteiger partial charge in [0.15, 0.2) is 0 Å². The fourth-order valence-electron chi connectivity index (χ4n) is 1.18. The number of aromatic amines is 1. The number of hydrogen-bond donors (Lipinski definition) is 2. The first kappa shape index (κ1) is 14.5. The summed E-state index contributed by atoms with van der Waals surface area (Å²) in [5.74, 6) is -3.00. The van der Waals surface area contributed by atoms with Crippen LogP contribution in [0.1, 0.15) is 5.69 Å². The van der Waals surface area contributed by atoms with E-state index >= 15 is 0 Å². The molecule has 0 saturated heterocycles. The highest BCUT2D eigenvalue weighted by molar-refractivity contribution is 5.70. The highest BCUT2D eigenvalue weighted by Gasteiger charge is 2.35. The lowest BCUT2D eigenvalue weighted by Crippen LogP contribution is -2.25. The fraction of sp³-hybridized carbons (Fsp3) is 0.250. The smallest absolute Gasteiger partial charge is 0.481 e. The van der Waals surface area contributed by atoms with Gasteiger partial charge in [-0.05, 0) is 0 Å². The van der Waals surface area contributed by atoms with Crippen LogP contribution in [0.25, 0.3) is 0 Å². The molecule has 0 amide bonds. The quantitative estimate of drug-likeness (QED) is 0.622. The van der Waals surface area contributed by atoms with E-state index in [9.17, 15) is 32.9 Å². The van der Waals surface area contributed by atoms with Crippen LogP contribution in [0, 0.1) is 10.1 Å². The van der Waals surface area contributed by atoms with Crippen molar-refractivity contribution in [2.24, 2.45) is 0 Å². The number of carboxylic acid groups (broad SMARTS) is 1. The Bertz CT molecular complexity index is 579. The van der Waals surface area contributed by atoms with Gasteiger partial charge in [0.25, 0.3) is 0 Å². The van der Waals surface area contributed by atoms with Crippen molar-refractivity contribution in [1.82, 2.24) is 4.98 Å². The highest BCUT2D eigenvalue weighted by atomic mass is 19.4. The van der Waals surface area contributed by atoms with Crippen LogP contribution in [0.2, 0.25) is 0 Å². The number of halogens is 3. The van der Waals surface area contributed by atoms with Crippen LogP contribution < -0.4 is 10.2 Å². The molecular formula is C8H5F3N2O6. The number of nitrogens with one attached hydrogen (secondary N) is 1. The number of nitrogens with zero attached hydrogens (tertiary/aromatic N) is 1. The first-order valence-corrected chi connectivity index (χ1v) is 4.48. The zero-order chi connectivity index (χ0) is 14.8. The van der Waals surface area contributed by atoms with Crippen LogP contribution in [0.3, 0.4) is 0 Å². The van der Waals surface area contributed by atoms with E-state index in [2.05, 4.69) is 4.74 Å². The maximum absolute atomic E-state index is 12.1. The van der Waals surface area contributed by atoms with E-state index in [1.165, 1.54) is 0 Å². The van der Waals surface area contributed by atoms with Crippen LogP contribution in [0.5, 0.6) is 5.75 Å². The van der Waals surface area contributed by atoms with E-state index in [-0.39, 0.29) is 0 Å². The number of carbonyl (C=O) groups is 1. The molecule has 104 valence electrons. The molecule has 1 aromatic heterocycles.